The molecule has 1 atom stereocenters. The highest BCUT2D eigenvalue weighted by Gasteiger charge is 2.21. The Morgan fingerprint density at radius 3 is 2.00 bits per heavy atom. The van der Waals surface area contributed by atoms with Crippen LogP contribution in [0.4, 0.5) is 5.69 Å². The third-order valence-electron chi connectivity index (χ3n) is 3.96. The number of rotatable bonds is 6. The van der Waals surface area contributed by atoms with Crippen molar-refractivity contribution in [2.24, 2.45) is 0 Å². The summed E-state index contributed by atoms with van der Waals surface area (Å²) < 4.78 is 5.24. The summed E-state index contributed by atoms with van der Waals surface area (Å²) in [6.45, 7) is 2.17. The number of hydrogen-bond acceptors (Lipinski definition) is 3. The lowest BCUT2D eigenvalue weighted by Crippen LogP contribution is -2.23. The number of carbonyl (C=O) groups is 1. The summed E-state index contributed by atoms with van der Waals surface area (Å²) in [5.41, 5.74) is 4.03. The molecule has 0 amide bonds. The van der Waals surface area contributed by atoms with E-state index in [0.717, 1.165) is 22.4 Å². The van der Waals surface area contributed by atoms with Gasteiger partial charge in [0, 0.05) is 5.69 Å². The normalized spacial score (nSPS) is 11.6. The first-order chi connectivity index (χ1) is 12.3. The number of nitrogens with one attached hydrogen (secondary N) is 1. The molecule has 0 heterocycles. The molecule has 0 radical (unpaired) electrons. The van der Waals surface area contributed by atoms with Crippen LogP contribution < -0.4 is 5.32 Å². The number of ether oxygens (including phenoxy) is 1. The molecule has 0 aliphatic carbocycles. The molecule has 0 aliphatic rings. The summed E-state index contributed by atoms with van der Waals surface area (Å²) in [4.78, 5) is 12.4. The van der Waals surface area contributed by atoms with Gasteiger partial charge < -0.3 is 10.1 Å². The van der Waals surface area contributed by atoms with E-state index >= 15 is 0 Å². The van der Waals surface area contributed by atoms with Gasteiger partial charge in [-0.05, 0) is 35.7 Å². The van der Waals surface area contributed by atoms with Crippen LogP contribution in [0.5, 0.6) is 0 Å². The summed E-state index contributed by atoms with van der Waals surface area (Å²) in [5.74, 6) is -0.279. The van der Waals surface area contributed by atoms with Crippen LogP contribution in [-0.4, -0.2) is 12.6 Å². The highest BCUT2D eigenvalue weighted by atomic mass is 16.5. The lowest BCUT2D eigenvalue weighted by molar-refractivity contribution is -0.144. The van der Waals surface area contributed by atoms with Gasteiger partial charge >= 0.3 is 5.97 Å². The number of para-hydroxylation sites is 1. The maximum atomic E-state index is 12.4. The van der Waals surface area contributed by atoms with E-state index in [4.69, 9.17) is 4.74 Å². The van der Waals surface area contributed by atoms with Gasteiger partial charge in [-0.15, -0.1) is 0 Å². The van der Waals surface area contributed by atoms with Crippen molar-refractivity contribution < 1.29 is 9.53 Å². The van der Waals surface area contributed by atoms with Gasteiger partial charge in [0.2, 0.25) is 0 Å². The zero-order chi connectivity index (χ0) is 17.5. The second kappa shape index (κ2) is 8.15. The molecular weight excluding hydrogens is 310 g/mol. The minimum absolute atomic E-state index is 0.279. The summed E-state index contributed by atoms with van der Waals surface area (Å²) in [6, 6.07) is 27.3. The topological polar surface area (TPSA) is 38.3 Å². The number of anilines is 1. The van der Waals surface area contributed by atoms with Crippen LogP contribution in [0.25, 0.3) is 11.1 Å². The molecule has 3 aromatic carbocycles. The maximum absolute atomic E-state index is 12.4. The van der Waals surface area contributed by atoms with Gasteiger partial charge in [0.15, 0.2) is 6.04 Å². The van der Waals surface area contributed by atoms with E-state index in [9.17, 15) is 4.79 Å². The Hall–Kier alpha value is -3.07. The first-order valence-corrected chi connectivity index (χ1v) is 8.41. The predicted octanol–water partition coefficient (Wildman–Crippen LogP) is 5.07. The molecule has 0 spiro atoms. The number of benzene rings is 3. The van der Waals surface area contributed by atoms with Gasteiger partial charge in [-0.1, -0.05) is 72.8 Å². The van der Waals surface area contributed by atoms with Crippen LogP contribution in [0, 0.1) is 0 Å². The third-order valence-corrected chi connectivity index (χ3v) is 3.96. The fraction of sp³-hybridized carbons (Fsp3) is 0.136. The van der Waals surface area contributed by atoms with E-state index in [2.05, 4.69) is 17.4 Å². The highest BCUT2D eigenvalue weighted by Crippen LogP contribution is 2.25. The van der Waals surface area contributed by atoms with Crippen molar-refractivity contribution in [3.05, 3.63) is 90.5 Å². The van der Waals surface area contributed by atoms with Crippen molar-refractivity contribution in [3.63, 3.8) is 0 Å². The standard InChI is InChI=1S/C22H21NO2/c1-2-25-22(24)21(23-20-11-7-4-8-12-20)19-15-13-18(14-16-19)17-9-5-3-6-10-17/h3-16,21,23H,2H2,1H3. The summed E-state index contributed by atoms with van der Waals surface area (Å²) in [7, 11) is 0. The zero-order valence-corrected chi connectivity index (χ0v) is 14.2. The van der Waals surface area contributed by atoms with Crippen LogP contribution in [0.3, 0.4) is 0 Å². The summed E-state index contributed by atoms with van der Waals surface area (Å²) in [5, 5.41) is 3.26. The van der Waals surface area contributed by atoms with Gasteiger partial charge in [0.25, 0.3) is 0 Å². The molecule has 25 heavy (non-hydrogen) atoms. The number of hydrogen-bond donors (Lipinski definition) is 1. The van der Waals surface area contributed by atoms with Gasteiger partial charge in [-0.25, -0.2) is 4.79 Å². The Kier molecular flexibility index (Phi) is 5.47. The van der Waals surface area contributed by atoms with Crippen molar-refractivity contribution in [3.8, 4) is 11.1 Å². The average molecular weight is 331 g/mol. The van der Waals surface area contributed by atoms with Gasteiger partial charge in [0.05, 0.1) is 6.61 Å². The first kappa shape index (κ1) is 16.8. The SMILES string of the molecule is CCOC(=O)C(Nc1ccccc1)c1ccc(-c2ccccc2)cc1. The second-order valence-corrected chi connectivity index (χ2v) is 5.68. The Balaban J connectivity index is 1.86. The first-order valence-electron chi connectivity index (χ1n) is 8.41. The number of carbonyl (C=O) groups excluding carboxylic acids is 1. The fourth-order valence-corrected chi connectivity index (χ4v) is 2.70. The van der Waals surface area contributed by atoms with Crippen molar-refractivity contribution >= 4 is 11.7 Å². The van der Waals surface area contributed by atoms with Crippen LogP contribution >= 0.6 is 0 Å². The van der Waals surface area contributed by atoms with E-state index in [0.29, 0.717) is 6.61 Å². The molecule has 0 saturated carbocycles. The van der Waals surface area contributed by atoms with Crippen LogP contribution in [0.15, 0.2) is 84.9 Å². The van der Waals surface area contributed by atoms with Gasteiger partial charge in [0.1, 0.15) is 0 Å². The van der Waals surface area contributed by atoms with Crippen molar-refractivity contribution in [2.75, 3.05) is 11.9 Å². The molecule has 1 N–H and O–H groups in total. The maximum Gasteiger partial charge on any atom is 0.333 e. The molecule has 0 bridgehead atoms. The van der Waals surface area contributed by atoms with E-state index in [-0.39, 0.29) is 5.97 Å². The van der Waals surface area contributed by atoms with Crippen molar-refractivity contribution in [1.29, 1.82) is 0 Å². The molecule has 3 heteroatoms. The lowest BCUT2D eigenvalue weighted by Gasteiger charge is -2.19. The molecule has 3 rings (SSSR count). The van der Waals surface area contributed by atoms with Crippen LogP contribution in [0.2, 0.25) is 0 Å². The van der Waals surface area contributed by atoms with E-state index < -0.39 is 6.04 Å². The van der Waals surface area contributed by atoms with Gasteiger partial charge in [-0.3, -0.25) is 0 Å². The Morgan fingerprint density at radius 1 is 0.840 bits per heavy atom. The minimum atomic E-state index is -0.535. The number of esters is 1. The zero-order valence-electron chi connectivity index (χ0n) is 14.2. The van der Waals surface area contributed by atoms with E-state index in [1.165, 1.54) is 0 Å². The molecule has 0 saturated heterocycles. The highest BCUT2D eigenvalue weighted by molar-refractivity contribution is 5.81. The molecule has 0 fully saturated rings. The molecule has 126 valence electrons. The van der Waals surface area contributed by atoms with Crippen molar-refractivity contribution in [1.82, 2.24) is 0 Å². The Labute approximate surface area is 148 Å². The van der Waals surface area contributed by atoms with E-state index in [1.54, 1.807) is 0 Å². The molecule has 3 aromatic rings. The molecular formula is C22H21NO2. The molecule has 0 aromatic heterocycles. The third kappa shape index (κ3) is 4.27. The average Bonchev–Trinajstić information content (AvgIpc) is 2.68. The largest absolute Gasteiger partial charge is 0.464 e. The molecule has 1 unspecified atom stereocenters. The molecule has 0 aliphatic heterocycles. The smallest absolute Gasteiger partial charge is 0.333 e. The Morgan fingerprint density at radius 2 is 1.40 bits per heavy atom. The summed E-state index contributed by atoms with van der Waals surface area (Å²) >= 11 is 0. The van der Waals surface area contributed by atoms with Crippen molar-refractivity contribution in [2.45, 2.75) is 13.0 Å². The minimum Gasteiger partial charge on any atom is -0.464 e. The Bertz CT molecular complexity index is 798. The van der Waals surface area contributed by atoms with Crippen LogP contribution in [-0.2, 0) is 9.53 Å². The molecule has 3 nitrogen and oxygen atoms in total. The predicted molar refractivity (Wildman–Crippen MR) is 101 cm³/mol. The van der Waals surface area contributed by atoms with Crippen LogP contribution in [0.1, 0.15) is 18.5 Å². The fourth-order valence-electron chi connectivity index (χ4n) is 2.70. The quantitative estimate of drug-likeness (QED) is 0.641. The second-order valence-electron chi connectivity index (χ2n) is 5.68. The summed E-state index contributed by atoms with van der Waals surface area (Å²) in [6.07, 6.45) is 0. The monoisotopic (exact) mass is 331 g/mol. The lowest BCUT2D eigenvalue weighted by atomic mass is 10.0. The van der Waals surface area contributed by atoms with Gasteiger partial charge in [-0.2, -0.15) is 0 Å². The van der Waals surface area contributed by atoms with E-state index in [1.807, 2.05) is 79.7 Å².